The standard InChI is InChI=1S/C15H14Br2O2S/c1-10-6-7-14(13(16)8-10)20(18,19)9-12-5-3-4-11(2)15(12)17/h3-8H,9H2,1-2H3. The Labute approximate surface area is 136 Å². The van der Waals surface area contributed by atoms with E-state index in [0.717, 1.165) is 21.2 Å². The predicted molar refractivity (Wildman–Crippen MR) is 88.6 cm³/mol. The highest BCUT2D eigenvalue weighted by Crippen LogP contribution is 2.29. The second kappa shape index (κ2) is 6.00. The van der Waals surface area contributed by atoms with Crippen molar-refractivity contribution in [1.82, 2.24) is 0 Å². The Morgan fingerprint density at radius 1 is 1.05 bits per heavy atom. The third kappa shape index (κ3) is 3.32. The quantitative estimate of drug-likeness (QED) is 0.718. The summed E-state index contributed by atoms with van der Waals surface area (Å²) in [6.45, 7) is 3.88. The predicted octanol–water partition coefficient (Wildman–Crippen LogP) is 4.80. The second-order valence-electron chi connectivity index (χ2n) is 4.74. The minimum atomic E-state index is -3.38. The first-order valence-corrected chi connectivity index (χ1v) is 9.28. The molecule has 0 aliphatic rings. The first kappa shape index (κ1) is 15.7. The van der Waals surface area contributed by atoms with E-state index in [2.05, 4.69) is 31.9 Å². The van der Waals surface area contributed by atoms with E-state index < -0.39 is 9.84 Å². The Morgan fingerprint density at radius 2 is 1.75 bits per heavy atom. The Kier molecular flexibility index (Phi) is 4.72. The molecule has 2 rings (SSSR count). The molecule has 0 aromatic heterocycles. The Morgan fingerprint density at radius 3 is 2.40 bits per heavy atom. The van der Waals surface area contributed by atoms with Crippen molar-refractivity contribution < 1.29 is 8.42 Å². The summed E-state index contributed by atoms with van der Waals surface area (Å²) in [6.07, 6.45) is 0. The molecule has 0 radical (unpaired) electrons. The second-order valence-corrected chi connectivity index (χ2v) is 8.35. The third-order valence-electron chi connectivity index (χ3n) is 3.04. The van der Waals surface area contributed by atoms with E-state index in [1.807, 2.05) is 44.2 Å². The van der Waals surface area contributed by atoms with Crippen molar-refractivity contribution >= 4 is 41.7 Å². The van der Waals surface area contributed by atoms with Crippen LogP contribution in [0.3, 0.4) is 0 Å². The molecular formula is C15H14Br2O2S. The van der Waals surface area contributed by atoms with Gasteiger partial charge in [-0.2, -0.15) is 0 Å². The summed E-state index contributed by atoms with van der Waals surface area (Å²) in [6, 6.07) is 10.9. The van der Waals surface area contributed by atoms with Crippen molar-refractivity contribution in [1.29, 1.82) is 0 Å². The van der Waals surface area contributed by atoms with E-state index in [9.17, 15) is 8.42 Å². The lowest BCUT2D eigenvalue weighted by Crippen LogP contribution is -2.07. The fraction of sp³-hybridized carbons (Fsp3) is 0.200. The van der Waals surface area contributed by atoms with Gasteiger partial charge >= 0.3 is 0 Å². The molecule has 0 heterocycles. The molecule has 2 aromatic carbocycles. The fourth-order valence-electron chi connectivity index (χ4n) is 1.96. The maximum Gasteiger partial charge on any atom is 0.183 e. The van der Waals surface area contributed by atoms with Gasteiger partial charge in [0.05, 0.1) is 10.6 Å². The Hall–Kier alpha value is -0.650. The number of benzene rings is 2. The van der Waals surface area contributed by atoms with Gasteiger partial charge in [0, 0.05) is 8.95 Å². The molecule has 0 saturated heterocycles. The highest BCUT2D eigenvalue weighted by Gasteiger charge is 2.20. The van der Waals surface area contributed by atoms with Gasteiger partial charge in [0.15, 0.2) is 9.84 Å². The maximum atomic E-state index is 12.5. The summed E-state index contributed by atoms with van der Waals surface area (Å²) >= 11 is 6.80. The zero-order valence-electron chi connectivity index (χ0n) is 11.2. The van der Waals surface area contributed by atoms with Gasteiger partial charge in [-0.05, 0) is 58.6 Å². The van der Waals surface area contributed by atoms with Gasteiger partial charge in [-0.15, -0.1) is 0 Å². The number of aryl methyl sites for hydroxylation is 2. The van der Waals surface area contributed by atoms with Crippen molar-refractivity contribution in [3.63, 3.8) is 0 Å². The van der Waals surface area contributed by atoms with Crippen molar-refractivity contribution in [2.75, 3.05) is 0 Å². The van der Waals surface area contributed by atoms with Crippen LogP contribution in [-0.2, 0) is 15.6 Å². The van der Waals surface area contributed by atoms with Crippen LogP contribution in [0.25, 0.3) is 0 Å². The summed E-state index contributed by atoms with van der Waals surface area (Å²) in [5.41, 5.74) is 2.82. The Bertz CT molecular complexity index is 752. The zero-order chi connectivity index (χ0) is 14.9. The smallest absolute Gasteiger partial charge is 0.183 e. The molecule has 5 heteroatoms. The lowest BCUT2D eigenvalue weighted by molar-refractivity contribution is 0.594. The van der Waals surface area contributed by atoms with Gasteiger partial charge in [0.1, 0.15) is 0 Å². The van der Waals surface area contributed by atoms with Crippen LogP contribution in [0.15, 0.2) is 50.2 Å². The summed E-state index contributed by atoms with van der Waals surface area (Å²) in [5.74, 6) is -0.0169. The van der Waals surface area contributed by atoms with Gasteiger partial charge in [0.25, 0.3) is 0 Å². The molecular weight excluding hydrogens is 404 g/mol. The number of hydrogen-bond acceptors (Lipinski definition) is 2. The minimum Gasteiger partial charge on any atom is -0.223 e. The molecule has 0 N–H and O–H groups in total. The van der Waals surface area contributed by atoms with Gasteiger partial charge < -0.3 is 0 Å². The molecule has 0 amide bonds. The van der Waals surface area contributed by atoms with E-state index >= 15 is 0 Å². The fourth-order valence-corrected chi connectivity index (χ4v) is 5.22. The molecule has 2 nitrogen and oxygen atoms in total. The third-order valence-corrected chi connectivity index (χ3v) is 6.81. The van der Waals surface area contributed by atoms with Gasteiger partial charge in [-0.1, -0.05) is 40.2 Å². The minimum absolute atomic E-state index is 0.0169. The van der Waals surface area contributed by atoms with E-state index in [0.29, 0.717) is 9.37 Å². The number of rotatable bonds is 3. The summed E-state index contributed by atoms with van der Waals surface area (Å²) < 4.78 is 26.6. The topological polar surface area (TPSA) is 34.1 Å². The normalized spacial score (nSPS) is 11.6. The zero-order valence-corrected chi connectivity index (χ0v) is 15.1. The molecule has 0 aliphatic heterocycles. The van der Waals surface area contributed by atoms with Crippen molar-refractivity contribution in [3.8, 4) is 0 Å². The van der Waals surface area contributed by atoms with Gasteiger partial charge in [0.2, 0.25) is 0 Å². The van der Waals surface area contributed by atoms with Crippen molar-refractivity contribution in [2.45, 2.75) is 24.5 Å². The molecule has 0 spiro atoms. The molecule has 0 fully saturated rings. The first-order chi connectivity index (χ1) is 9.31. The SMILES string of the molecule is Cc1ccc(S(=O)(=O)Cc2cccc(C)c2Br)c(Br)c1. The van der Waals surface area contributed by atoms with E-state index in [1.165, 1.54) is 0 Å². The molecule has 20 heavy (non-hydrogen) atoms. The van der Waals surface area contributed by atoms with E-state index in [1.54, 1.807) is 6.07 Å². The summed E-state index contributed by atoms with van der Waals surface area (Å²) in [4.78, 5) is 0.330. The van der Waals surface area contributed by atoms with Crippen LogP contribution in [0, 0.1) is 13.8 Å². The largest absolute Gasteiger partial charge is 0.223 e. The van der Waals surface area contributed by atoms with Crippen molar-refractivity contribution in [3.05, 3.63) is 62.0 Å². The van der Waals surface area contributed by atoms with Crippen LogP contribution in [0.4, 0.5) is 0 Å². The van der Waals surface area contributed by atoms with Crippen molar-refractivity contribution in [2.24, 2.45) is 0 Å². The van der Waals surface area contributed by atoms with Gasteiger partial charge in [-0.3, -0.25) is 0 Å². The molecule has 2 aromatic rings. The lowest BCUT2D eigenvalue weighted by atomic mass is 10.2. The first-order valence-electron chi connectivity index (χ1n) is 6.04. The van der Waals surface area contributed by atoms with Gasteiger partial charge in [-0.25, -0.2) is 8.42 Å². The number of hydrogen-bond donors (Lipinski definition) is 0. The lowest BCUT2D eigenvalue weighted by Gasteiger charge is -2.10. The maximum absolute atomic E-state index is 12.5. The highest BCUT2D eigenvalue weighted by atomic mass is 79.9. The monoisotopic (exact) mass is 416 g/mol. The Balaban J connectivity index is 2.44. The molecule has 0 bridgehead atoms. The molecule has 0 saturated carbocycles. The van der Waals surface area contributed by atoms with Crippen LogP contribution < -0.4 is 0 Å². The van der Waals surface area contributed by atoms with Crippen LogP contribution in [0.1, 0.15) is 16.7 Å². The average molecular weight is 418 g/mol. The highest BCUT2D eigenvalue weighted by molar-refractivity contribution is 9.10. The summed E-state index contributed by atoms with van der Waals surface area (Å²) in [5, 5.41) is 0. The number of sulfone groups is 1. The van der Waals surface area contributed by atoms with E-state index in [-0.39, 0.29) is 5.75 Å². The molecule has 0 unspecified atom stereocenters. The van der Waals surface area contributed by atoms with Crippen LogP contribution in [-0.4, -0.2) is 8.42 Å². The average Bonchev–Trinajstić information content (AvgIpc) is 2.34. The number of halogens is 2. The summed E-state index contributed by atoms with van der Waals surface area (Å²) in [7, 11) is -3.38. The van der Waals surface area contributed by atoms with Crippen LogP contribution in [0.5, 0.6) is 0 Å². The molecule has 106 valence electrons. The van der Waals surface area contributed by atoms with E-state index in [4.69, 9.17) is 0 Å². The molecule has 0 aliphatic carbocycles. The molecule has 0 atom stereocenters. The van der Waals surface area contributed by atoms with Crippen LogP contribution in [0.2, 0.25) is 0 Å². The van der Waals surface area contributed by atoms with Crippen LogP contribution >= 0.6 is 31.9 Å².